The molecular formula is C12H23N5OS. The lowest BCUT2D eigenvalue weighted by molar-refractivity contribution is 0.113. The van der Waals surface area contributed by atoms with Gasteiger partial charge < -0.3 is 19.9 Å². The van der Waals surface area contributed by atoms with Crippen molar-refractivity contribution < 1.29 is 4.74 Å². The Labute approximate surface area is 118 Å². The number of piperazine rings is 1. The summed E-state index contributed by atoms with van der Waals surface area (Å²) in [4.78, 5) is 9.30. The van der Waals surface area contributed by atoms with E-state index in [2.05, 4.69) is 38.6 Å². The molecule has 0 amide bonds. The predicted octanol–water partition coefficient (Wildman–Crippen LogP) is 0.385. The maximum absolute atomic E-state index is 5.00. The fourth-order valence-corrected chi connectivity index (χ4v) is 2.82. The van der Waals surface area contributed by atoms with E-state index in [0.29, 0.717) is 12.6 Å². The van der Waals surface area contributed by atoms with E-state index in [4.69, 9.17) is 4.74 Å². The number of aromatic nitrogens is 2. The standard InChI is InChI=1S/C12H23N5OS/c1-16-5-6-17(2)10(9-16)8-11-14-12(19-15-11)13-4-7-18-3/h10H,4-9H2,1-3H3,(H,13,14,15). The molecule has 0 saturated carbocycles. The van der Waals surface area contributed by atoms with Crippen molar-refractivity contribution in [3.63, 3.8) is 0 Å². The SMILES string of the molecule is COCCNc1nc(CC2CN(C)CCN2C)ns1. The van der Waals surface area contributed by atoms with Crippen molar-refractivity contribution >= 4 is 16.7 Å². The van der Waals surface area contributed by atoms with Crippen LogP contribution in [0, 0.1) is 0 Å². The third-order valence-electron chi connectivity index (χ3n) is 3.45. The molecule has 0 spiro atoms. The maximum atomic E-state index is 5.00. The maximum Gasteiger partial charge on any atom is 0.202 e. The summed E-state index contributed by atoms with van der Waals surface area (Å²) < 4.78 is 9.43. The monoisotopic (exact) mass is 285 g/mol. The number of methoxy groups -OCH3 is 1. The fraction of sp³-hybridized carbons (Fsp3) is 0.833. The van der Waals surface area contributed by atoms with E-state index in [1.54, 1.807) is 7.11 Å². The number of hydrogen-bond acceptors (Lipinski definition) is 7. The molecule has 2 heterocycles. The van der Waals surface area contributed by atoms with Gasteiger partial charge in [-0.1, -0.05) is 0 Å². The zero-order valence-corrected chi connectivity index (χ0v) is 12.7. The summed E-state index contributed by atoms with van der Waals surface area (Å²) in [6.07, 6.45) is 0.920. The molecule has 1 fully saturated rings. The molecule has 1 saturated heterocycles. The molecule has 2 rings (SSSR count). The van der Waals surface area contributed by atoms with Gasteiger partial charge in [0, 0.05) is 57.3 Å². The van der Waals surface area contributed by atoms with Crippen LogP contribution in [0.15, 0.2) is 0 Å². The van der Waals surface area contributed by atoms with Gasteiger partial charge in [-0.05, 0) is 14.1 Å². The van der Waals surface area contributed by atoms with E-state index in [9.17, 15) is 0 Å². The number of hydrogen-bond donors (Lipinski definition) is 1. The van der Waals surface area contributed by atoms with Crippen molar-refractivity contribution in [1.82, 2.24) is 19.2 Å². The Bertz CT molecular complexity index is 386. The second-order valence-corrected chi connectivity index (χ2v) is 5.79. The number of anilines is 1. The third kappa shape index (κ3) is 4.38. The Kier molecular flexibility index (Phi) is 5.50. The van der Waals surface area contributed by atoms with Gasteiger partial charge in [0.15, 0.2) is 0 Å². The lowest BCUT2D eigenvalue weighted by atomic mass is 10.1. The highest BCUT2D eigenvalue weighted by molar-refractivity contribution is 7.09. The lowest BCUT2D eigenvalue weighted by Gasteiger charge is -2.37. The highest BCUT2D eigenvalue weighted by atomic mass is 32.1. The van der Waals surface area contributed by atoms with Crippen LogP contribution in [0.4, 0.5) is 5.13 Å². The lowest BCUT2D eigenvalue weighted by Crippen LogP contribution is -2.50. The summed E-state index contributed by atoms with van der Waals surface area (Å²) in [5, 5.41) is 4.11. The van der Waals surface area contributed by atoms with Crippen molar-refractivity contribution in [2.24, 2.45) is 0 Å². The molecule has 6 nitrogen and oxygen atoms in total. The quantitative estimate of drug-likeness (QED) is 0.763. The van der Waals surface area contributed by atoms with E-state index < -0.39 is 0 Å². The molecular weight excluding hydrogens is 262 g/mol. The fourth-order valence-electron chi connectivity index (χ4n) is 2.20. The largest absolute Gasteiger partial charge is 0.383 e. The second-order valence-electron chi connectivity index (χ2n) is 5.04. The summed E-state index contributed by atoms with van der Waals surface area (Å²) in [5.74, 6) is 0.942. The van der Waals surface area contributed by atoms with Gasteiger partial charge in [-0.2, -0.15) is 4.37 Å². The van der Waals surface area contributed by atoms with Crippen LogP contribution in [0.25, 0.3) is 0 Å². The van der Waals surface area contributed by atoms with Crippen LogP contribution in [0.1, 0.15) is 5.82 Å². The predicted molar refractivity (Wildman–Crippen MR) is 77.9 cm³/mol. The number of likely N-dealkylation sites (N-methyl/N-ethyl adjacent to an activating group) is 2. The summed E-state index contributed by atoms with van der Waals surface area (Å²) in [6, 6.07) is 0.514. The minimum absolute atomic E-state index is 0.514. The molecule has 19 heavy (non-hydrogen) atoms. The van der Waals surface area contributed by atoms with Crippen molar-refractivity contribution in [3.8, 4) is 0 Å². The van der Waals surface area contributed by atoms with Crippen molar-refractivity contribution in [2.75, 3.05) is 59.3 Å². The molecule has 1 aromatic heterocycles. The van der Waals surface area contributed by atoms with Gasteiger partial charge in [-0.15, -0.1) is 0 Å². The van der Waals surface area contributed by atoms with E-state index >= 15 is 0 Å². The summed E-state index contributed by atoms with van der Waals surface area (Å²) >= 11 is 1.43. The van der Waals surface area contributed by atoms with Crippen molar-refractivity contribution in [3.05, 3.63) is 5.82 Å². The molecule has 1 atom stereocenters. The van der Waals surface area contributed by atoms with E-state index in [-0.39, 0.29) is 0 Å². The highest BCUT2D eigenvalue weighted by Crippen LogP contribution is 2.15. The molecule has 0 aliphatic carbocycles. The number of nitrogens with zero attached hydrogens (tertiary/aromatic N) is 4. The third-order valence-corrected chi connectivity index (χ3v) is 4.16. The minimum Gasteiger partial charge on any atom is -0.383 e. The number of nitrogens with one attached hydrogen (secondary N) is 1. The summed E-state index contributed by atoms with van der Waals surface area (Å²) in [5.41, 5.74) is 0. The summed E-state index contributed by atoms with van der Waals surface area (Å²) in [6.45, 7) is 4.80. The average Bonchev–Trinajstić information content (AvgIpc) is 2.82. The molecule has 1 aromatic rings. The summed E-state index contributed by atoms with van der Waals surface area (Å²) in [7, 11) is 6.05. The average molecular weight is 285 g/mol. The Morgan fingerprint density at radius 1 is 1.42 bits per heavy atom. The van der Waals surface area contributed by atoms with Crippen LogP contribution in [0.3, 0.4) is 0 Å². The topological polar surface area (TPSA) is 53.5 Å². The van der Waals surface area contributed by atoms with Crippen LogP contribution in [-0.2, 0) is 11.2 Å². The van der Waals surface area contributed by atoms with Crippen LogP contribution in [0.2, 0.25) is 0 Å². The zero-order chi connectivity index (χ0) is 13.7. The number of rotatable bonds is 6. The molecule has 108 valence electrons. The molecule has 0 aromatic carbocycles. The minimum atomic E-state index is 0.514. The van der Waals surface area contributed by atoms with E-state index in [1.165, 1.54) is 11.5 Å². The van der Waals surface area contributed by atoms with Crippen LogP contribution in [-0.4, -0.2) is 79.2 Å². The number of ether oxygens (including phenoxy) is 1. The zero-order valence-electron chi connectivity index (χ0n) is 11.9. The molecule has 0 radical (unpaired) electrons. The van der Waals surface area contributed by atoms with Gasteiger partial charge in [0.25, 0.3) is 0 Å². The van der Waals surface area contributed by atoms with Crippen LogP contribution < -0.4 is 5.32 Å². The first kappa shape index (κ1) is 14.6. The molecule has 1 N–H and O–H groups in total. The van der Waals surface area contributed by atoms with Crippen LogP contribution in [0.5, 0.6) is 0 Å². The van der Waals surface area contributed by atoms with Gasteiger partial charge >= 0.3 is 0 Å². The smallest absolute Gasteiger partial charge is 0.202 e. The Morgan fingerprint density at radius 2 is 2.26 bits per heavy atom. The molecule has 1 aliphatic rings. The van der Waals surface area contributed by atoms with E-state index in [0.717, 1.165) is 43.6 Å². The Morgan fingerprint density at radius 3 is 3.05 bits per heavy atom. The van der Waals surface area contributed by atoms with Crippen molar-refractivity contribution in [2.45, 2.75) is 12.5 Å². The normalized spacial score (nSPS) is 21.7. The molecule has 1 aliphatic heterocycles. The Balaban J connectivity index is 1.84. The van der Waals surface area contributed by atoms with Gasteiger partial charge in [0.1, 0.15) is 5.82 Å². The van der Waals surface area contributed by atoms with Gasteiger partial charge in [-0.25, -0.2) is 4.98 Å². The Hall–Kier alpha value is -0.760. The molecule has 0 bridgehead atoms. The first-order valence-electron chi connectivity index (χ1n) is 6.63. The first-order chi connectivity index (χ1) is 9.19. The van der Waals surface area contributed by atoms with Crippen molar-refractivity contribution in [1.29, 1.82) is 0 Å². The van der Waals surface area contributed by atoms with Gasteiger partial charge in [0.2, 0.25) is 5.13 Å². The molecule has 1 unspecified atom stereocenters. The second kappa shape index (κ2) is 7.14. The highest BCUT2D eigenvalue weighted by Gasteiger charge is 2.23. The first-order valence-corrected chi connectivity index (χ1v) is 7.40. The molecule has 7 heteroatoms. The van der Waals surface area contributed by atoms with Gasteiger partial charge in [-0.3, -0.25) is 0 Å². The van der Waals surface area contributed by atoms with Crippen LogP contribution >= 0.6 is 11.5 Å². The van der Waals surface area contributed by atoms with E-state index in [1.807, 2.05) is 0 Å². The van der Waals surface area contributed by atoms with Gasteiger partial charge in [0.05, 0.1) is 6.61 Å².